The molecule has 8 nitrogen and oxygen atoms in total. The van der Waals surface area contributed by atoms with Crippen LogP contribution in [0.15, 0.2) is 17.7 Å². The number of amides is 1. The summed E-state index contributed by atoms with van der Waals surface area (Å²) in [7, 11) is 0. The third kappa shape index (κ3) is 4.20. The van der Waals surface area contributed by atoms with Gasteiger partial charge in [0.05, 0.1) is 4.92 Å². The summed E-state index contributed by atoms with van der Waals surface area (Å²) in [6.45, 7) is 4.58. The first-order valence-corrected chi connectivity index (χ1v) is 6.97. The fourth-order valence-corrected chi connectivity index (χ4v) is 2.00. The second-order valence-corrected chi connectivity index (χ2v) is 4.72. The first-order valence-electron chi connectivity index (χ1n) is 6.97. The van der Waals surface area contributed by atoms with Crippen LogP contribution in [0.1, 0.15) is 25.8 Å². The predicted molar refractivity (Wildman–Crippen MR) is 82.6 cm³/mol. The molecule has 0 radical (unpaired) electrons. The van der Waals surface area contributed by atoms with E-state index in [2.05, 4.69) is 0 Å². The number of nitriles is 1. The number of nitrogens with zero attached hydrogens (tertiary/aromatic N) is 3. The molecule has 1 aromatic rings. The van der Waals surface area contributed by atoms with Gasteiger partial charge >= 0.3 is 5.69 Å². The molecule has 0 unspecified atom stereocenters. The van der Waals surface area contributed by atoms with Crippen molar-refractivity contribution in [3.63, 3.8) is 0 Å². The van der Waals surface area contributed by atoms with Gasteiger partial charge in [0.1, 0.15) is 11.6 Å². The van der Waals surface area contributed by atoms with Gasteiger partial charge in [0.15, 0.2) is 5.75 Å². The highest BCUT2D eigenvalue weighted by Gasteiger charge is 2.20. The van der Waals surface area contributed by atoms with Crippen LogP contribution in [0.3, 0.4) is 0 Å². The largest absolute Gasteiger partial charge is 0.504 e. The minimum Gasteiger partial charge on any atom is -0.504 e. The standard InChI is InChI=1S/C15H17N3O5/c1-3-5-17(4-2)15(21)11(9-16)6-10-7-12(18(22)23)14(20)13(19)8-10/h6-8,19-20H,3-5H2,1-2H3/b11-6+. The van der Waals surface area contributed by atoms with Crippen LogP contribution < -0.4 is 0 Å². The van der Waals surface area contributed by atoms with Crippen LogP contribution in [0.2, 0.25) is 0 Å². The zero-order valence-corrected chi connectivity index (χ0v) is 12.8. The minimum absolute atomic E-state index is 0.0736. The maximum Gasteiger partial charge on any atom is 0.315 e. The van der Waals surface area contributed by atoms with E-state index < -0.39 is 28.0 Å². The van der Waals surface area contributed by atoms with Crippen LogP contribution in [-0.4, -0.2) is 39.0 Å². The topological polar surface area (TPSA) is 128 Å². The third-order valence-electron chi connectivity index (χ3n) is 3.11. The molecule has 122 valence electrons. The molecule has 0 heterocycles. The van der Waals surface area contributed by atoms with Gasteiger partial charge in [-0.25, -0.2) is 0 Å². The van der Waals surface area contributed by atoms with Gasteiger partial charge in [-0.2, -0.15) is 5.26 Å². The molecule has 0 aromatic heterocycles. The molecule has 23 heavy (non-hydrogen) atoms. The molecule has 0 aliphatic heterocycles. The molecular weight excluding hydrogens is 302 g/mol. The van der Waals surface area contributed by atoms with Crippen molar-refractivity contribution in [1.82, 2.24) is 4.90 Å². The average molecular weight is 319 g/mol. The summed E-state index contributed by atoms with van der Waals surface area (Å²) in [5, 5.41) is 39.0. The molecule has 0 aliphatic carbocycles. The van der Waals surface area contributed by atoms with Crippen LogP contribution in [0.25, 0.3) is 6.08 Å². The maximum absolute atomic E-state index is 12.3. The Kier molecular flexibility index (Phi) is 6.09. The van der Waals surface area contributed by atoms with Gasteiger partial charge in [0.2, 0.25) is 5.75 Å². The monoisotopic (exact) mass is 319 g/mol. The van der Waals surface area contributed by atoms with E-state index in [9.17, 15) is 25.1 Å². The molecule has 0 saturated heterocycles. The highest BCUT2D eigenvalue weighted by Crippen LogP contribution is 2.36. The zero-order valence-electron chi connectivity index (χ0n) is 12.8. The van der Waals surface area contributed by atoms with Crippen LogP contribution >= 0.6 is 0 Å². The molecule has 1 rings (SSSR count). The molecule has 0 bridgehead atoms. The van der Waals surface area contributed by atoms with Gasteiger partial charge in [-0.1, -0.05) is 6.92 Å². The lowest BCUT2D eigenvalue weighted by molar-refractivity contribution is -0.386. The van der Waals surface area contributed by atoms with E-state index in [4.69, 9.17) is 5.26 Å². The Labute approximate surface area is 133 Å². The average Bonchev–Trinajstić information content (AvgIpc) is 2.52. The number of benzene rings is 1. The van der Waals surface area contributed by atoms with Crippen molar-refractivity contribution in [2.75, 3.05) is 13.1 Å². The summed E-state index contributed by atoms with van der Waals surface area (Å²) < 4.78 is 0. The number of phenolic OH excluding ortho intramolecular Hbond substituents is 2. The molecule has 0 spiro atoms. The third-order valence-corrected chi connectivity index (χ3v) is 3.11. The summed E-state index contributed by atoms with van der Waals surface area (Å²) >= 11 is 0. The maximum atomic E-state index is 12.3. The van der Waals surface area contributed by atoms with Crippen LogP contribution in [-0.2, 0) is 4.79 Å². The van der Waals surface area contributed by atoms with Crippen molar-refractivity contribution in [3.05, 3.63) is 33.4 Å². The van der Waals surface area contributed by atoms with Crippen LogP contribution in [0.4, 0.5) is 5.69 Å². The summed E-state index contributed by atoms with van der Waals surface area (Å²) in [6.07, 6.45) is 1.87. The Morgan fingerprint density at radius 1 is 1.43 bits per heavy atom. The number of rotatable bonds is 6. The fourth-order valence-electron chi connectivity index (χ4n) is 2.00. The SMILES string of the molecule is CCCN(CC)C(=O)/C(C#N)=C/c1cc(O)c(O)c([N+](=O)[O-])c1. The Balaban J connectivity index is 3.29. The molecule has 0 aliphatic rings. The lowest BCUT2D eigenvalue weighted by atomic mass is 10.1. The van der Waals surface area contributed by atoms with E-state index >= 15 is 0 Å². The molecule has 0 fully saturated rings. The number of carbonyl (C=O) groups is 1. The summed E-state index contributed by atoms with van der Waals surface area (Å²) in [4.78, 5) is 23.7. The van der Waals surface area contributed by atoms with Crippen molar-refractivity contribution in [2.24, 2.45) is 0 Å². The molecule has 1 aromatic carbocycles. The Bertz CT molecular complexity index is 691. The summed E-state index contributed by atoms with van der Waals surface area (Å²) in [6, 6.07) is 3.79. The van der Waals surface area contributed by atoms with Crippen molar-refractivity contribution in [3.8, 4) is 17.6 Å². The number of hydrogen-bond donors (Lipinski definition) is 2. The zero-order chi connectivity index (χ0) is 17.6. The normalized spacial score (nSPS) is 10.9. The first kappa shape index (κ1) is 18.0. The smallest absolute Gasteiger partial charge is 0.315 e. The number of carbonyl (C=O) groups excluding carboxylic acids is 1. The Hall–Kier alpha value is -3.08. The lowest BCUT2D eigenvalue weighted by Crippen LogP contribution is -2.32. The Morgan fingerprint density at radius 2 is 2.09 bits per heavy atom. The number of hydrogen-bond acceptors (Lipinski definition) is 6. The highest BCUT2D eigenvalue weighted by atomic mass is 16.6. The summed E-state index contributed by atoms with van der Waals surface area (Å²) in [5.41, 5.74) is -0.842. The minimum atomic E-state index is -0.865. The van der Waals surface area contributed by atoms with E-state index in [-0.39, 0.29) is 11.1 Å². The lowest BCUT2D eigenvalue weighted by Gasteiger charge is -2.19. The highest BCUT2D eigenvalue weighted by molar-refractivity contribution is 6.01. The van der Waals surface area contributed by atoms with E-state index in [1.54, 1.807) is 13.0 Å². The number of aromatic hydroxyl groups is 2. The van der Waals surface area contributed by atoms with Crippen LogP contribution in [0.5, 0.6) is 11.5 Å². The van der Waals surface area contributed by atoms with Crippen molar-refractivity contribution in [2.45, 2.75) is 20.3 Å². The van der Waals surface area contributed by atoms with Gasteiger partial charge in [-0.15, -0.1) is 0 Å². The summed E-state index contributed by atoms with van der Waals surface area (Å²) in [5.74, 6) is -2.05. The van der Waals surface area contributed by atoms with Crippen molar-refractivity contribution < 1.29 is 19.9 Å². The quantitative estimate of drug-likeness (QED) is 0.272. The second kappa shape index (κ2) is 7.79. The van der Waals surface area contributed by atoms with E-state index in [0.717, 1.165) is 24.6 Å². The number of phenols is 2. The Morgan fingerprint density at radius 3 is 2.57 bits per heavy atom. The molecule has 1 amide bonds. The molecule has 2 N–H and O–H groups in total. The molecular formula is C15H17N3O5. The number of nitro benzene ring substituents is 1. The molecule has 0 atom stereocenters. The van der Waals surface area contributed by atoms with E-state index in [1.807, 2.05) is 6.92 Å². The fraction of sp³-hybridized carbons (Fsp3) is 0.333. The van der Waals surface area contributed by atoms with Crippen LogP contribution in [0, 0.1) is 21.4 Å². The van der Waals surface area contributed by atoms with Gasteiger partial charge < -0.3 is 15.1 Å². The first-order chi connectivity index (χ1) is 10.8. The molecule has 0 saturated carbocycles. The van der Waals surface area contributed by atoms with Crippen molar-refractivity contribution >= 4 is 17.7 Å². The van der Waals surface area contributed by atoms with Crippen molar-refractivity contribution in [1.29, 1.82) is 5.26 Å². The molecule has 8 heteroatoms. The second-order valence-electron chi connectivity index (χ2n) is 4.72. The number of nitro groups is 1. The van der Waals surface area contributed by atoms with Gasteiger partial charge in [-0.05, 0) is 31.1 Å². The van der Waals surface area contributed by atoms with Gasteiger partial charge in [0.25, 0.3) is 5.91 Å². The van der Waals surface area contributed by atoms with Gasteiger partial charge in [0, 0.05) is 19.2 Å². The predicted octanol–water partition coefficient (Wildman–Crippen LogP) is 2.17. The van der Waals surface area contributed by atoms with E-state index in [0.29, 0.717) is 13.1 Å². The van der Waals surface area contributed by atoms with E-state index in [1.165, 1.54) is 4.90 Å². The van der Waals surface area contributed by atoms with Gasteiger partial charge in [-0.3, -0.25) is 14.9 Å². The number of likely N-dealkylation sites (N-methyl/N-ethyl adjacent to an activating group) is 1.